The van der Waals surface area contributed by atoms with Gasteiger partial charge in [0, 0.05) is 4.47 Å². The van der Waals surface area contributed by atoms with Crippen molar-refractivity contribution in [2.45, 2.75) is 0 Å². The van der Waals surface area contributed by atoms with Gasteiger partial charge in [-0.3, -0.25) is 9.59 Å². The van der Waals surface area contributed by atoms with E-state index in [1.54, 1.807) is 36.4 Å². The fourth-order valence-corrected chi connectivity index (χ4v) is 2.89. The molecule has 2 amide bonds. The molecule has 0 aliphatic heterocycles. The molecule has 114 valence electrons. The number of benzene rings is 2. The standard InChI is InChI=1S/C15H12Br2N2O3/c16-9-5-6-13(11(17)7-9)22-8-14(20)19-12-4-2-1-3-10(12)15(18)21/h1-7H,8H2,(H2,18,21)(H,19,20). The second kappa shape index (κ2) is 7.42. The van der Waals surface area contributed by atoms with Crippen LogP contribution >= 0.6 is 31.9 Å². The van der Waals surface area contributed by atoms with E-state index in [4.69, 9.17) is 10.5 Å². The molecule has 2 aromatic rings. The summed E-state index contributed by atoms with van der Waals surface area (Å²) in [5.74, 6) is -0.447. The van der Waals surface area contributed by atoms with Crippen molar-refractivity contribution in [3.05, 3.63) is 57.0 Å². The van der Waals surface area contributed by atoms with Gasteiger partial charge in [0.15, 0.2) is 6.61 Å². The molecule has 5 nitrogen and oxygen atoms in total. The van der Waals surface area contributed by atoms with Crippen molar-refractivity contribution in [1.29, 1.82) is 0 Å². The molecule has 0 bridgehead atoms. The zero-order chi connectivity index (χ0) is 16.1. The van der Waals surface area contributed by atoms with E-state index >= 15 is 0 Å². The third kappa shape index (κ3) is 4.32. The van der Waals surface area contributed by atoms with Crippen LogP contribution in [-0.4, -0.2) is 18.4 Å². The molecule has 0 aliphatic rings. The monoisotopic (exact) mass is 426 g/mol. The van der Waals surface area contributed by atoms with Gasteiger partial charge in [0.2, 0.25) is 0 Å². The van der Waals surface area contributed by atoms with Gasteiger partial charge in [-0.05, 0) is 46.3 Å². The molecule has 0 heterocycles. The van der Waals surface area contributed by atoms with Crippen molar-refractivity contribution >= 4 is 49.4 Å². The summed E-state index contributed by atoms with van der Waals surface area (Å²) in [5, 5.41) is 2.60. The highest BCUT2D eigenvalue weighted by atomic mass is 79.9. The Morgan fingerprint density at radius 3 is 2.55 bits per heavy atom. The smallest absolute Gasteiger partial charge is 0.262 e. The third-order valence-electron chi connectivity index (χ3n) is 2.72. The van der Waals surface area contributed by atoms with Crippen LogP contribution in [0.3, 0.4) is 0 Å². The summed E-state index contributed by atoms with van der Waals surface area (Å²) >= 11 is 6.68. The van der Waals surface area contributed by atoms with Crippen LogP contribution in [-0.2, 0) is 4.79 Å². The first kappa shape index (κ1) is 16.5. The Balaban J connectivity index is 2.00. The van der Waals surface area contributed by atoms with E-state index in [1.165, 1.54) is 0 Å². The lowest BCUT2D eigenvalue weighted by atomic mass is 10.1. The summed E-state index contributed by atoms with van der Waals surface area (Å²) in [6.45, 7) is -0.187. The number of para-hydroxylation sites is 1. The number of carbonyl (C=O) groups excluding carboxylic acids is 2. The van der Waals surface area contributed by atoms with Crippen LogP contribution in [0.1, 0.15) is 10.4 Å². The van der Waals surface area contributed by atoms with Crippen LogP contribution in [0, 0.1) is 0 Å². The molecular formula is C15H12Br2N2O3. The van der Waals surface area contributed by atoms with Gasteiger partial charge in [-0.15, -0.1) is 0 Å². The molecule has 7 heteroatoms. The molecule has 3 N–H and O–H groups in total. The highest BCUT2D eigenvalue weighted by Crippen LogP contribution is 2.28. The first-order valence-corrected chi connectivity index (χ1v) is 7.82. The largest absolute Gasteiger partial charge is 0.483 e. The first-order chi connectivity index (χ1) is 10.5. The molecule has 0 radical (unpaired) electrons. The van der Waals surface area contributed by atoms with E-state index in [0.29, 0.717) is 11.4 Å². The Bertz CT molecular complexity index is 720. The van der Waals surface area contributed by atoms with Crippen molar-refractivity contribution in [1.82, 2.24) is 0 Å². The van der Waals surface area contributed by atoms with Crippen LogP contribution in [0.4, 0.5) is 5.69 Å². The molecule has 0 fully saturated rings. The minimum Gasteiger partial charge on any atom is -0.483 e. The highest BCUT2D eigenvalue weighted by molar-refractivity contribution is 9.11. The topological polar surface area (TPSA) is 81.4 Å². The van der Waals surface area contributed by atoms with Gasteiger partial charge in [0.25, 0.3) is 11.8 Å². The van der Waals surface area contributed by atoms with Gasteiger partial charge in [-0.2, -0.15) is 0 Å². The van der Waals surface area contributed by atoms with Gasteiger partial charge in [0.1, 0.15) is 5.75 Å². The highest BCUT2D eigenvalue weighted by Gasteiger charge is 2.11. The molecule has 0 aliphatic carbocycles. The molecule has 0 atom stereocenters. The summed E-state index contributed by atoms with van der Waals surface area (Å²) < 4.78 is 7.05. The van der Waals surface area contributed by atoms with Gasteiger partial charge >= 0.3 is 0 Å². The minimum absolute atomic E-state index is 0.187. The molecule has 2 aromatic carbocycles. The van der Waals surface area contributed by atoms with Crippen molar-refractivity contribution in [2.75, 3.05) is 11.9 Å². The molecule has 0 saturated carbocycles. The molecule has 0 spiro atoms. The number of nitrogens with one attached hydrogen (secondary N) is 1. The zero-order valence-electron chi connectivity index (χ0n) is 11.3. The van der Waals surface area contributed by atoms with Gasteiger partial charge in [0.05, 0.1) is 15.7 Å². The third-order valence-corrected chi connectivity index (χ3v) is 3.83. The average Bonchev–Trinajstić information content (AvgIpc) is 2.46. The second-order valence-electron chi connectivity index (χ2n) is 4.32. The van der Waals surface area contributed by atoms with E-state index < -0.39 is 5.91 Å². The van der Waals surface area contributed by atoms with Crippen LogP contribution < -0.4 is 15.8 Å². The number of rotatable bonds is 5. The number of primary amides is 1. The number of anilines is 1. The molecular weight excluding hydrogens is 416 g/mol. The molecule has 0 aromatic heterocycles. The Morgan fingerprint density at radius 1 is 1.14 bits per heavy atom. The van der Waals surface area contributed by atoms with Crippen molar-refractivity contribution in [3.63, 3.8) is 0 Å². The first-order valence-electron chi connectivity index (χ1n) is 6.24. The predicted octanol–water partition coefficient (Wildman–Crippen LogP) is 3.33. The van der Waals surface area contributed by atoms with Crippen molar-refractivity contribution in [3.8, 4) is 5.75 Å². The lowest BCUT2D eigenvalue weighted by Gasteiger charge is -2.11. The predicted molar refractivity (Wildman–Crippen MR) is 90.9 cm³/mol. The fourth-order valence-electron chi connectivity index (χ4n) is 1.73. The lowest BCUT2D eigenvalue weighted by Crippen LogP contribution is -2.23. The molecule has 22 heavy (non-hydrogen) atoms. The summed E-state index contributed by atoms with van der Waals surface area (Å²) in [4.78, 5) is 23.2. The van der Waals surface area contributed by atoms with Crippen molar-refractivity contribution < 1.29 is 14.3 Å². The Hall–Kier alpha value is -1.86. The number of amides is 2. The average molecular weight is 428 g/mol. The Kier molecular flexibility index (Phi) is 5.57. The number of carbonyl (C=O) groups is 2. The number of ether oxygens (including phenoxy) is 1. The summed E-state index contributed by atoms with van der Waals surface area (Å²) in [6, 6.07) is 11.9. The normalized spacial score (nSPS) is 10.1. The minimum atomic E-state index is -0.604. The quantitative estimate of drug-likeness (QED) is 0.767. The maximum Gasteiger partial charge on any atom is 0.262 e. The van der Waals surface area contributed by atoms with Crippen LogP contribution in [0.5, 0.6) is 5.75 Å². The van der Waals surface area contributed by atoms with E-state index in [9.17, 15) is 9.59 Å². The van der Waals surface area contributed by atoms with Crippen LogP contribution in [0.2, 0.25) is 0 Å². The van der Waals surface area contributed by atoms with Gasteiger partial charge < -0.3 is 15.8 Å². The van der Waals surface area contributed by atoms with E-state index in [-0.39, 0.29) is 18.1 Å². The number of halogens is 2. The van der Waals surface area contributed by atoms with Crippen LogP contribution in [0.25, 0.3) is 0 Å². The molecule has 0 saturated heterocycles. The van der Waals surface area contributed by atoms with Crippen molar-refractivity contribution in [2.24, 2.45) is 5.73 Å². The number of hydrogen-bond donors (Lipinski definition) is 2. The zero-order valence-corrected chi connectivity index (χ0v) is 14.5. The summed E-state index contributed by atoms with van der Waals surface area (Å²) in [6.07, 6.45) is 0. The summed E-state index contributed by atoms with van der Waals surface area (Å²) in [5.41, 5.74) is 5.87. The van der Waals surface area contributed by atoms with E-state index in [1.807, 2.05) is 6.07 Å². The SMILES string of the molecule is NC(=O)c1ccccc1NC(=O)COc1ccc(Br)cc1Br. The number of nitrogens with two attached hydrogens (primary N) is 1. The van der Waals surface area contributed by atoms with Crippen LogP contribution in [0.15, 0.2) is 51.4 Å². The molecule has 2 rings (SSSR count). The Labute approximate surface area is 144 Å². The van der Waals surface area contributed by atoms with E-state index in [0.717, 1.165) is 8.95 Å². The maximum absolute atomic E-state index is 11.9. The maximum atomic E-state index is 11.9. The number of hydrogen-bond acceptors (Lipinski definition) is 3. The summed E-state index contributed by atoms with van der Waals surface area (Å²) in [7, 11) is 0. The lowest BCUT2D eigenvalue weighted by molar-refractivity contribution is -0.118. The second-order valence-corrected chi connectivity index (χ2v) is 6.09. The van der Waals surface area contributed by atoms with Gasteiger partial charge in [-0.25, -0.2) is 0 Å². The Morgan fingerprint density at radius 2 is 1.86 bits per heavy atom. The molecule has 0 unspecified atom stereocenters. The van der Waals surface area contributed by atoms with E-state index in [2.05, 4.69) is 37.2 Å². The van der Waals surface area contributed by atoms with Gasteiger partial charge in [-0.1, -0.05) is 28.1 Å². The fraction of sp³-hybridized carbons (Fsp3) is 0.0667.